The second-order valence-corrected chi connectivity index (χ2v) is 8.12. The third kappa shape index (κ3) is 2.74. The highest BCUT2D eigenvalue weighted by atomic mass is 16.2. The molecule has 3 saturated heterocycles. The van der Waals surface area contributed by atoms with Crippen LogP contribution >= 0.6 is 0 Å². The van der Waals surface area contributed by atoms with Crippen LogP contribution < -0.4 is 4.90 Å². The zero-order valence-corrected chi connectivity index (χ0v) is 15.7. The minimum absolute atomic E-state index is 0.0123. The fraction of sp³-hybridized carbons (Fsp3) is 0.476. The summed E-state index contributed by atoms with van der Waals surface area (Å²) in [4.78, 5) is 21.2. The molecule has 2 aromatic heterocycles. The number of carbonyl (C=O) groups excluding carboxylic acids is 1. The minimum Gasteiger partial charge on any atom is -0.353 e. The van der Waals surface area contributed by atoms with Gasteiger partial charge in [-0.05, 0) is 49.0 Å². The van der Waals surface area contributed by atoms with E-state index < -0.39 is 0 Å². The molecule has 140 valence electrons. The van der Waals surface area contributed by atoms with Crippen molar-refractivity contribution >= 4 is 11.7 Å². The van der Waals surface area contributed by atoms with E-state index in [0.29, 0.717) is 12.0 Å². The summed E-state index contributed by atoms with van der Waals surface area (Å²) in [6.07, 6.45) is 8.99. The van der Waals surface area contributed by atoms with Gasteiger partial charge >= 0.3 is 0 Å². The standard InChI is InChI=1S/C21H25N5O/c1-3-21(27)25-7-4-15(13-25)18-11-22-20(26-12-14-8-16(26)9-14)10-17(18)19-5-6-24(2)23-19/h3,5-6,10-11,14-16H,1,4,7-9,12-13H2,2H3. The smallest absolute Gasteiger partial charge is 0.245 e. The maximum absolute atomic E-state index is 12.0. The molecule has 4 fully saturated rings. The SMILES string of the molecule is C=CC(=O)N1CCC(c2cnc(N3CC4CC3C4)cc2-c2ccn(C)n2)C1. The van der Waals surface area contributed by atoms with Gasteiger partial charge < -0.3 is 9.80 Å². The number of aryl methyl sites for hydroxylation is 1. The molecule has 3 aliphatic heterocycles. The average Bonchev–Trinajstić information content (AvgIpc) is 3.42. The number of hydrogen-bond acceptors (Lipinski definition) is 4. The molecular formula is C21H25N5O. The van der Waals surface area contributed by atoms with E-state index in [1.54, 1.807) is 0 Å². The lowest BCUT2D eigenvalue weighted by atomic mass is 9.86. The van der Waals surface area contributed by atoms with Crippen LogP contribution in [0.5, 0.6) is 0 Å². The lowest BCUT2D eigenvalue weighted by Crippen LogP contribution is -2.29. The van der Waals surface area contributed by atoms with Crippen molar-refractivity contribution in [2.45, 2.75) is 31.2 Å². The first-order chi connectivity index (χ1) is 13.1. The maximum Gasteiger partial charge on any atom is 0.245 e. The molecule has 0 N–H and O–H groups in total. The van der Waals surface area contributed by atoms with Crippen molar-refractivity contribution in [1.82, 2.24) is 19.7 Å². The first-order valence-corrected chi connectivity index (χ1v) is 9.80. The van der Waals surface area contributed by atoms with E-state index in [0.717, 1.165) is 49.0 Å². The van der Waals surface area contributed by atoms with Crippen molar-refractivity contribution in [2.75, 3.05) is 24.5 Å². The Balaban J connectivity index is 1.50. The van der Waals surface area contributed by atoms with Crippen molar-refractivity contribution in [2.24, 2.45) is 13.0 Å². The van der Waals surface area contributed by atoms with Crippen LogP contribution in [0.1, 0.15) is 30.7 Å². The van der Waals surface area contributed by atoms with Crippen molar-refractivity contribution in [3.8, 4) is 11.3 Å². The molecule has 6 heteroatoms. The van der Waals surface area contributed by atoms with Crippen LogP contribution in [0, 0.1) is 5.92 Å². The molecule has 0 aromatic carbocycles. The first-order valence-electron chi connectivity index (χ1n) is 9.80. The van der Waals surface area contributed by atoms with Crippen LogP contribution in [0.3, 0.4) is 0 Å². The van der Waals surface area contributed by atoms with Gasteiger partial charge in [0.2, 0.25) is 5.91 Å². The van der Waals surface area contributed by atoms with Crippen molar-refractivity contribution in [1.29, 1.82) is 0 Å². The number of rotatable bonds is 4. The van der Waals surface area contributed by atoms with E-state index in [1.807, 2.05) is 29.0 Å². The summed E-state index contributed by atoms with van der Waals surface area (Å²) in [7, 11) is 1.95. The number of amides is 1. The summed E-state index contributed by atoms with van der Waals surface area (Å²) in [5, 5.41) is 4.65. The predicted octanol–water partition coefficient (Wildman–Crippen LogP) is 2.58. The fourth-order valence-electron chi connectivity index (χ4n) is 4.87. The van der Waals surface area contributed by atoms with Crippen molar-refractivity contribution < 1.29 is 4.79 Å². The Morgan fingerprint density at radius 1 is 1.33 bits per heavy atom. The van der Waals surface area contributed by atoms with Gasteiger partial charge in [0, 0.05) is 56.6 Å². The Kier molecular flexibility index (Phi) is 3.81. The molecule has 1 unspecified atom stereocenters. The first kappa shape index (κ1) is 16.5. The Hall–Kier alpha value is -2.63. The van der Waals surface area contributed by atoms with Gasteiger partial charge in [-0.3, -0.25) is 9.48 Å². The van der Waals surface area contributed by atoms with Crippen LogP contribution in [-0.2, 0) is 11.8 Å². The van der Waals surface area contributed by atoms with Gasteiger partial charge in [0.15, 0.2) is 0 Å². The van der Waals surface area contributed by atoms with Gasteiger partial charge in [-0.2, -0.15) is 5.10 Å². The third-order valence-corrected chi connectivity index (χ3v) is 6.43. The van der Waals surface area contributed by atoms with Crippen LogP contribution in [0.15, 0.2) is 37.2 Å². The van der Waals surface area contributed by atoms with Gasteiger partial charge in [-0.25, -0.2) is 4.98 Å². The Morgan fingerprint density at radius 3 is 2.85 bits per heavy atom. The Morgan fingerprint density at radius 2 is 2.19 bits per heavy atom. The number of anilines is 1. The van der Waals surface area contributed by atoms with Gasteiger partial charge in [0.05, 0.1) is 5.69 Å². The molecule has 1 aliphatic carbocycles. The topological polar surface area (TPSA) is 54.3 Å². The lowest BCUT2D eigenvalue weighted by molar-refractivity contribution is -0.125. The molecule has 1 atom stereocenters. The highest BCUT2D eigenvalue weighted by Gasteiger charge is 2.43. The molecule has 5 heterocycles. The second-order valence-electron chi connectivity index (χ2n) is 8.12. The zero-order valence-electron chi connectivity index (χ0n) is 15.7. The minimum atomic E-state index is 0.0123. The van der Waals surface area contributed by atoms with Gasteiger partial charge in [0.1, 0.15) is 5.82 Å². The molecule has 2 aromatic rings. The number of carbonyl (C=O) groups is 1. The average molecular weight is 363 g/mol. The molecule has 4 aliphatic rings. The van der Waals surface area contributed by atoms with Gasteiger partial charge in [-0.1, -0.05) is 6.58 Å². The number of nitrogens with zero attached hydrogens (tertiary/aromatic N) is 5. The zero-order chi connectivity index (χ0) is 18.5. The Labute approximate surface area is 159 Å². The fourth-order valence-corrected chi connectivity index (χ4v) is 4.87. The molecule has 6 rings (SSSR count). The van der Waals surface area contributed by atoms with Crippen molar-refractivity contribution in [3.05, 3.63) is 42.7 Å². The van der Waals surface area contributed by atoms with E-state index in [-0.39, 0.29) is 5.91 Å². The third-order valence-electron chi connectivity index (χ3n) is 6.43. The molecule has 2 bridgehead atoms. The summed E-state index contributed by atoms with van der Waals surface area (Å²) >= 11 is 0. The lowest BCUT2D eigenvalue weighted by Gasteiger charge is -2.27. The quantitative estimate of drug-likeness (QED) is 0.784. The predicted molar refractivity (Wildman–Crippen MR) is 104 cm³/mol. The molecule has 1 saturated carbocycles. The number of pyridine rings is 1. The summed E-state index contributed by atoms with van der Waals surface area (Å²) < 4.78 is 1.84. The largest absolute Gasteiger partial charge is 0.353 e. The number of likely N-dealkylation sites (tertiary alicyclic amines) is 1. The highest BCUT2D eigenvalue weighted by Crippen LogP contribution is 2.44. The maximum atomic E-state index is 12.0. The van der Waals surface area contributed by atoms with E-state index >= 15 is 0 Å². The van der Waals surface area contributed by atoms with E-state index in [1.165, 1.54) is 24.5 Å². The molecule has 0 radical (unpaired) electrons. The number of aromatic nitrogens is 3. The van der Waals surface area contributed by atoms with Gasteiger partial charge in [-0.15, -0.1) is 0 Å². The summed E-state index contributed by atoms with van der Waals surface area (Å²) in [6, 6.07) is 4.95. The van der Waals surface area contributed by atoms with Crippen LogP contribution in [0.25, 0.3) is 11.3 Å². The molecule has 6 nitrogen and oxygen atoms in total. The summed E-state index contributed by atoms with van der Waals surface area (Å²) in [5.41, 5.74) is 3.34. The van der Waals surface area contributed by atoms with E-state index in [4.69, 9.17) is 4.98 Å². The van der Waals surface area contributed by atoms with Crippen molar-refractivity contribution in [3.63, 3.8) is 0 Å². The monoisotopic (exact) mass is 363 g/mol. The highest BCUT2D eigenvalue weighted by molar-refractivity contribution is 5.87. The van der Waals surface area contributed by atoms with Crippen LogP contribution in [0.2, 0.25) is 0 Å². The molecular weight excluding hydrogens is 338 g/mol. The van der Waals surface area contributed by atoms with Crippen LogP contribution in [-0.4, -0.2) is 51.2 Å². The number of hydrogen-bond donors (Lipinski definition) is 0. The normalized spacial score (nSPS) is 26.3. The van der Waals surface area contributed by atoms with E-state index in [9.17, 15) is 4.79 Å². The summed E-state index contributed by atoms with van der Waals surface area (Å²) in [6.45, 7) is 6.24. The molecule has 1 amide bonds. The Bertz CT molecular complexity index is 898. The molecule has 27 heavy (non-hydrogen) atoms. The molecule has 0 spiro atoms. The van der Waals surface area contributed by atoms with Gasteiger partial charge in [0.25, 0.3) is 0 Å². The van der Waals surface area contributed by atoms with E-state index in [2.05, 4.69) is 28.7 Å². The summed E-state index contributed by atoms with van der Waals surface area (Å²) in [5.74, 6) is 2.22. The number of fused-ring (bicyclic) bond motifs is 1. The van der Waals surface area contributed by atoms with Crippen LogP contribution in [0.4, 0.5) is 5.82 Å². The second kappa shape index (κ2) is 6.22.